The Balaban J connectivity index is 1.70. The first kappa shape index (κ1) is 25.8. The molecule has 0 fully saturated rings. The summed E-state index contributed by atoms with van der Waals surface area (Å²) in [4.78, 5) is 26.4. The molecule has 3 aromatic carbocycles. The van der Waals surface area contributed by atoms with Crippen LogP contribution in [0.25, 0.3) is 0 Å². The van der Waals surface area contributed by atoms with Crippen LogP contribution >= 0.6 is 0 Å². The van der Waals surface area contributed by atoms with Gasteiger partial charge < -0.3 is 14.7 Å². The fraction of sp³-hybridized carbons (Fsp3) is 0.267. The van der Waals surface area contributed by atoms with Gasteiger partial charge in [0.25, 0.3) is 0 Å². The van der Waals surface area contributed by atoms with Gasteiger partial charge in [0.1, 0.15) is 17.1 Å². The van der Waals surface area contributed by atoms with E-state index < -0.39 is 5.97 Å². The second-order valence-corrected chi connectivity index (χ2v) is 8.84. The minimum Gasteiger partial charge on any atom is -0.478 e. The van der Waals surface area contributed by atoms with Crippen molar-refractivity contribution in [3.05, 3.63) is 106 Å². The van der Waals surface area contributed by atoms with Gasteiger partial charge in [-0.1, -0.05) is 54.1 Å². The second kappa shape index (κ2) is 12.0. The van der Waals surface area contributed by atoms with E-state index in [0.717, 1.165) is 29.5 Å². The fourth-order valence-corrected chi connectivity index (χ4v) is 3.87. The Morgan fingerprint density at radius 2 is 1.66 bits per heavy atom. The lowest BCUT2D eigenvalue weighted by Gasteiger charge is -2.23. The van der Waals surface area contributed by atoms with Crippen LogP contribution in [0.4, 0.5) is 0 Å². The molecule has 0 saturated heterocycles. The molecule has 0 aliphatic carbocycles. The van der Waals surface area contributed by atoms with Gasteiger partial charge in [0.2, 0.25) is 5.91 Å². The Labute approximate surface area is 207 Å². The first-order valence-electron chi connectivity index (χ1n) is 11.9. The molecule has 0 atom stereocenters. The van der Waals surface area contributed by atoms with Crippen LogP contribution in [0.3, 0.4) is 0 Å². The number of ether oxygens (including phenoxy) is 1. The van der Waals surface area contributed by atoms with Crippen LogP contribution in [0.2, 0.25) is 0 Å². The van der Waals surface area contributed by atoms with Crippen molar-refractivity contribution in [3.8, 4) is 11.5 Å². The Morgan fingerprint density at radius 3 is 2.31 bits per heavy atom. The highest BCUT2D eigenvalue weighted by molar-refractivity contribution is 5.92. The maximum Gasteiger partial charge on any atom is 0.339 e. The van der Waals surface area contributed by atoms with E-state index in [4.69, 9.17) is 4.74 Å². The molecule has 0 aromatic heterocycles. The highest BCUT2D eigenvalue weighted by atomic mass is 16.5. The molecule has 182 valence electrons. The van der Waals surface area contributed by atoms with E-state index in [1.165, 1.54) is 11.1 Å². The molecule has 0 aliphatic rings. The van der Waals surface area contributed by atoms with E-state index in [1.807, 2.05) is 43.9 Å². The van der Waals surface area contributed by atoms with E-state index in [-0.39, 0.29) is 11.5 Å². The van der Waals surface area contributed by atoms with Crippen LogP contribution in [0, 0.1) is 13.8 Å². The summed E-state index contributed by atoms with van der Waals surface area (Å²) in [5, 5.41) is 9.43. The number of hydrogen-bond acceptors (Lipinski definition) is 3. The van der Waals surface area contributed by atoms with Crippen molar-refractivity contribution in [2.75, 3.05) is 6.54 Å². The smallest absolute Gasteiger partial charge is 0.339 e. The van der Waals surface area contributed by atoms with Crippen LogP contribution < -0.4 is 4.74 Å². The lowest BCUT2D eigenvalue weighted by molar-refractivity contribution is -0.127. The zero-order chi connectivity index (χ0) is 25.4. The summed E-state index contributed by atoms with van der Waals surface area (Å²) in [5.41, 5.74) is 5.25. The number of allylic oxidation sites excluding steroid dienone is 1. The van der Waals surface area contributed by atoms with Crippen LogP contribution in [-0.2, 0) is 17.8 Å². The van der Waals surface area contributed by atoms with E-state index >= 15 is 0 Å². The third-order valence-corrected chi connectivity index (χ3v) is 5.93. The first-order chi connectivity index (χ1) is 16.8. The van der Waals surface area contributed by atoms with Gasteiger partial charge in [-0.3, -0.25) is 4.79 Å². The Hall–Kier alpha value is -3.86. The molecule has 35 heavy (non-hydrogen) atoms. The van der Waals surface area contributed by atoms with Crippen molar-refractivity contribution >= 4 is 11.9 Å². The van der Waals surface area contributed by atoms with E-state index in [2.05, 4.69) is 31.2 Å². The summed E-state index contributed by atoms with van der Waals surface area (Å²) in [7, 11) is 0. The van der Waals surface area contributed by atoms with E-state index in [1.54, 1.807) is 30.3 Å². The first-order valence-corrected chi connectivity index (χ1v) is 11.9. The third-order valence-electron chi connectivity index (χ3n) is 5.93. The van der Waals surface area contributed by atoms with Gasteiger partial charge in [-0.25, -0.2) is 4.79 Å². The Bertz CT molecular complexity index is 1210. The van der Waals surface area contributed by atoms with Gasteiger partial charge in [0, 0.05) is 18.7 Å². The lowest BCUT2D eigenvalue weighted by Crippen LogP contribution is -2.32. The van der Waals surface area contributed by atoms with Gasteiger partial charge in [-0.2, -0.15) is 0 Å². The standard InChI is InChI=1S/C30H33NO4/c1-5-23(4)29(32)31(17-7-10-24-9-6-8-21(2)18-24)20-25-12-14-26(15-13-25)35-28-19-22(3)11-16-27(28)30(33)34/h5-6,8-9,11-16,18-19H,7,10,17,20H2,1-4H3,(H,33,34). The third kappa shape index (κ3) is 7.31. The minimum absolute atomic E-state index is 0.0305. The molecule has 0 aliphatic heterocycles. The normalized spacial score (nSPS) is 11.3. The van der Waals surface area contributed by atoms with Crippen molar-refractivity contribution in [2.24, 2.45) is 0 Å². The number of aromatic carboxylic acids is 1. The number of amides is 1. The maximum atomic E-state index is 13.0. The van der Waals surface area contributed by atoms with Crippen molar-refractivity contribution in [3.63, 3.8) is 0 Å². The van der Waals surface area contributed by atoms with Crippen LogP contribution in [0.5, 0.6) is 11.5 Å². The molecule has 0 unspecified atom stereocenters. The van der Waals surface area contributed by atoms with E-state index in [0.29, 0.717) is 24.6 Å². The van der Waals surface area contributed by atoms with Crippen LogP contribution in [0.15, 0.2) is 78.4 Å². The number of carboxylic acids is 1. The molecule has 0 heterocycles. The number of nitrogens with zero attached hydrogens (tertiary/aromatic N) is 1. The second-order valence-electron chi connectivity index (χ2n) is 8.84. The summed E-state index contributed by atoms with van der Waals surface area (Å²) in [6, 6.07) is 20.9. The van der Waals surface area contributed by atoms with Gasteiger partial charge in [0.15, 0.2) is 0 Å². The molecule has 0 saturated carbocycles. The molecule has 5 heteroatoms. The number of carboxylic acid groups (broad SMARTS) is 1. The SMILES string of the molecule is CC=C(C)C(=O)N(CCCc1cccc(C)c1)Cc1ccc(Oc2cc(C)ccc2C(=O)O)cc1. The summed E-state index contributed by atoms with van der Waals surface area (Å²) >= 11 is 0. The number of benzene rings is 3. The van der Waals surface area contributed by atoms with Crippen molar-refractivity contribution < 1.29 is 19.4 Å². The van der Waals surface area contributed by atoms with Gasteiger partial charge in [0.05, 0.1) is 0 Å². The zero-order valence-electron chi connectivity index (χ0n) is 20.9. The quantitative estimate of drug-likeness (QED) is 0.333. The number of aryl methyl sites for hydroxylation is 3. The summed E-state index contributed by atoms with van der Waals surface area (Å²) in [6.07, 6.45) is 3.63. The highest BCUT2D eigenvalue weighted by Crippen LogP contribution is 2.27. The van der Waals surface area contributed by atoms with Gasteiger partial charge in [-0.15, -0.1) is 0 Å². The predicted molar refractivity (Wildman–Crippen MR) is 139 cm³/mol. The average molecular weight is 472 g/mol. The topological polar surface area (TPSA) is 66.8 Å². The Kier molecular flexibility index (Phi) is 8.85. The van der Waals surface area contributed by atoms with Crippen LogP contribution in [-0.4, -0.2) is 28.4 Å². The summed E-state index contributed by atoms with van der Waals surface area (Å²) < 4.78 is 5.87. The van der Waals surface area contributed by atoms with Crippen molar-refractivity contribution in [1.82, 2.24) is 4.90 Å². The fourth-order valence-electron chi connectivity index (χ4n) is 3.87. The lowest BCUT2D eigenvalue weighted by atomic mass is 10.1. The number of hydrogen-bond donors (Lipinski definition) is 1. The molecule has 0 radical (unpaired) electrons. The molecular weight excluding hydrogens is 438 g/mol. The average Bonchev–Trinajstić information content (AvgIpc) is 2.83. The summed E-state index contributed by atoms with van der Waals surface area (Å²) in [5.74, 6) is -0.149. The molecular formula is C30H33NO4. The Morgan fingerprint density at radius 1 is 0.943 bits per heavy atom. The predicted octanol–water partition coefficient (Wildman–Crippen LogP) is 6.72. The number of carbonyl (C=O) groups excluding carboxylic acids is 1. The molecule has 1 N–H and O–H groups in total. The van der Waals surface area contributed by atoms with E-state index in [9.17, 15) is 14.7 Å². The maximum absolute atomic E-state index is 13.0. The van der Waals surface area contributed by atoms with Crippen molar-refractivity contribution in [1.29, 1.82) is 0 Å². The minimum atomic E-state index is -1.03. The summed E-state index contributed by atoms with van der Waals surface area (Å²) in [6.45, 7) is 8.84. The molecule has 1 amide bonds. The van der Waals surface area contributed by atoms with Crippen LogP contribution in [0.1, 0.15) is 52.9 Å². The molecule has 5 nitrogen and oxygen atoms in total. The molecule has 0 spiro atoms. The largest absolute Gasteiger partial charge is 0.478 e. The van der Waals surface area contributed by atoms with Crippen molar-refractivity contribution in [2.45, 2.75) is 47.1 Å². The van der Waals surface area contributed by atoms with Gasteiger partial charge >= 0.3 is 5.97 Å². The number of carbonyl (C=O) groups is 2. The highest BCUT2D eigenvalue weighted by Gasteiger charge is 2.16. The molecule has 3 aromatic rings. The number of rotatable bonds is 10. The monoisotopic (exact) mass is 471 g/mol. The molecule has 3 rings (SSSR count). The molecule has 0 bridgehead atoms. The zero-order valence-corrected chi connectivity index (χ0v) is 20.9. The van der Waals surface area contributed by atoms with Gasteiger partial charge in [-0.05, 0) is 81.5 Å².